The number of carbonyl (C=O) groups is 1. The van der Waals surface area contributed by atoms with Crippen LogP contribution in [0.3, 0.4) is 0 Å². The number of amides is 1. The predicted molar refractivity (Wildman–Crippen MR) is 82.4 cm³/mol. The van der Waals surface area contributed by atoms with Crippen LogP contribution in [0.1, 0.15) is 38.2 Å². The second-order valence-corrected chi connectivity index (χ2v) is 6.43. The van der Waals surface area contributed by atoms with Crippen LogP contribution in [0.5, 0.6) is 0 Å². The summed E-state index contributed by atoms with van der Waals surface area (Å²) in [5.41, 5.74) is 1.13. The monoisotopic (exact) mass is 323 g/mol. The van der Waals surface area contributed by atoms with Gasteiger partial charge in [0.1, 0.15) is 0 Å². The Hall–Kier alpha value is -0.830. The molecule has 1 aliphatic carbocycles. The van der Waals surface area contributed by atoms with Crippen LogP contribution in [-0.4, -0.2) is 17.3 Å². The lowest BCUT2D eigenvalue weighted by atomic mass is 9.87. The highest BCUT2D eigenvalue weighted by Gasteiger charge is 2.36. The molecule has 1 N–H and O–H groups in total. The summed E-state index contributed by atoms with van der Waals surface area (Å²) in [5, 5.41) is 4.01. The largest absolute Gasteiger partial charge is 0.352 e. The molecule has 1 fully saturated rings. The standard InChI is InChI=1S/C16H22BrNO/c1-16(9-5-6-10-16)15(19)18-14(12-17)11-13-7-3-2-4-8-13/h2-4,7-8,14H,5-6,9-12H2,1H3,(H,18,19). The molecule has 0 bridgehead atoms. The van der Waals surface area contributed by atoms with E-state index in [4.69, 9.17) is 0 Å². The fourth-order valence-corrected chi connectivity index (χ4v) is 3.18. The average Bonchev–Trinajstić information content (AvgIpc) is 2.87. The molecule has 2 nitrogen and oxygen atoms in total. The Bertz CT molecular complexity index is 412. The zero-order valence-electron chi connectivity index (χ0n) is 11.5. The molecule has 2 rings (SSSR count). The number of hydrogen-bond acceptors (Lipinski definition) is 1. The Morgan fingerprint density at radius 1 is 1.32 bits per heavy atom. The summed E-state index contributed by atoms with van der Waals surface area (Å²) in [4.78, 5) is 12.4. The number of alkyl halides is 1. The summed E-state index contributed by atoms with van der Waals surface area (Å²) in [6.07, 6.45) is 5.30. The van der Waals surface area contributed by atoms with Crippen LogP contribution >= 0.6 is 15.9 Å². The van der Waals surface area contributed by atoms with Crippen LogP contribution in [0.25, 0.3) is 0 Å². The first-order valence-corrected chi connectivity index (χ1v) is 8.17. The molecule has 1 atom stereocenters. The summed E-state index contributed by atoms with van der Waals surface area (Å²) in [5.74, 6) is 0.227. The van der Waals surface area contributed by atoms with Crippen molar-refractivity contribution < 1.29 is 4.79 Å². The van der Waals surface area contributed by atoms with Crippen LogP contribution in [0.4, 0.5) is 0 Å². The van der Waals surface area contributed by atoms with Crippen LogP contribution in [0.2, 0.25) is 0 Å². The molecule has 3 heteroatoms. The maximum atomic E-state index is 12.4. The number of rotatable bonds is 5. The number of halogens is 1. The second-order valence-electron chi connectivity index (χ2n) is 5.78. The Morgan fingerprint density at radius 2 is 1.95 bits per heavy atom. The van der Waals surface area contributed by atoms with E-state index in [9.17, 15) is 4.79 Å². The Kier molecular flexibility index (Phi) is 5.03. The van der Waals surface area contributed by atoms with Crippen LogP contribution in [0, 0.1) is 5.41 Å². The summed E-state index contributed by atoms with van der Waals surface area (Å²) in [6.45, 7) is 2.10. The maximum absolute atomic E-state index is 12.4. The van der Waals surface area contributed by atoms with E-state index in [0.717, 1.165) is 24.6 Å². The first-order chi connectivity index (χ1) is 9.14. The summed E-state index contributed by atoms with van der Waals surface area (Å²) < 4.78 is 0. The maximum Gasteiger partial charge on any atom is 0.226 e. The molecule has 0 aromatic heterocycles. The van der Waals surface area contributed by atoms with E-state index in [0.29, 0.717) is 0 Å². The van der Waals surface area contributed by atoms with Crippen molar-refractivity contribution >= 4 is 21.8 Å². The molecule has 0 radical (unpaired) electrons. The van der Waals surface area contributed by atoms with Crippen molar-refractivity contribution in [2.75, 3.05) is 5.33 Å². The number of carbonyl (C=O) groups excluding carboxylic acids is 1. The quantitative estimate of drug-likeness (QED) is 0.823. The van der Waals surface area contributed by atoms with Gasteiger partial charge in [-0.25, -0.2) is 0 Å². The van der Waals surface area contributed by atoms with E-state index >= 15 is 0 Å². The van der Waals surface area contributed by atoms with Gasteiger partial charge in [-0.05, 0) is 24.8 Å². The minimum Gasteiger partial charge on any atom is -0.352 e. The third kappa shape index (κ3) is 3.82. The van der Waals surface area contributed by atoms with Crippen molar-refractivity contribution in [3.8, 4) is 0 Å². The van der Waals surface area contributed by atoms with Crippen molar-refractivity contribution in [1.29, 1.82) is 0 Å². The van der Waals surface area contributed by atoms with Gasteiger partial charge in [0.2, 0.25) is 5.91 Å². The first kappa shape index (κ1) is 14.6. The number of hydrogen-bond donors (Lipinski definition) is 1. The predicted octanol–water partition coefficient (Wildman–Crippen LogP) is 3.69. The number of benzene rings is 1. The minimum atomic E-state index is -0.142. The highest BCUT2D eigenvalue weighted by Crippen LogP contribution is 2.37. The summed E-state index contributed by atoms with van der Waals surface area (Å²) in [7, 11) is 0. The molecule has 19 heavy (non-hydrogen) atoms. The lowest BCUT2D eigenvalue weighted by molar-refractivity contribution is -0.130. The van der Waals surface area contributed by atoms with Crippen molar-refractivity contribution in [1.82, 2.24) is 5.32 Å². The second kappa shape index (κ2) is 6.56. The van der Waals surface area contributed by atoms with E-state index in [1.54, 1.807) is 0 Å². The lowest BCUT2D eigenvalue weighted by Gasteiger charge is -2.26. The van der Waals surface area contributed by atoms with Crippen molar-refractivity contribution in [2.45, 2.75) is 45.1 Å². The van der Waals surface area contributed by atoms with Crippen LogP contribution < -0.4 is 5.32 Å². The molecular weight excluding hydrogens is 302 g/mol. The molecule has 0 heterocycles. The molecule has 1 aromatic rings. The van der Waals surface area contributed by atoms with Gasteiger partial charge in [0.05, 0.1) is 0 Å². The Morgan fingerprint density at radius 3 is 2.53 bits per heavy atom. The van der Waals surface area contributed by atoms with Gasteiger partial charge in [0.25, 0.3) is 0 Å². The van der Waals surface area contributed by atoms with Gasteiger partial charge in [-0.15, -0.1) is 0 Å². The third-order valence-electron chi connectivity index (χ3n) is 4.10. The van der Waals surface area contributed by atoms with E-state index in [1.807, 2.05) is 18.2 Å². The van der Waals surface area contributed by atoms with Crippen molar-refractivity contribution in [3.05, 3.63) is 35.9 Å². The average molecular weight is 324 g/mol. The molecule has 1 unspecified atom stereocenters. The van der Waals surface area contributed by atoms with E-state index in [1.165, 1.54) is 18.4 Å². The summed E-state index contributed by atoms with van der Waals surface area (Å²) in [6, 6.07) is 10.5. The zero-order chi connectivity index (χ0) is 13.7. The van der Waals surface area contributed by atoms with Gasteiger partial charge < -0.3 is 5.32 Å². The van der Waals surface area contributed by atoms with Crippen LogP contribution in [0.15, 0.2) is 30.3 Å². The molecule has 0 aliphatic heterocycles. The molecule has 104 valence electrons. The zero-order valence-corrected chi connectivity index (χ0v) is 13.1. The van der Waals surface area contributed by atoms with Crippen molar-refractivity contribution in [2.24, 2.45) is 5.41 Å². The Labute approximate surface area is 124 Å². The molecular formula is C16H22BrNO. The van der Waals surface area contributed by atoms with Crippen molar-refractivity contribution in [3.63, 3.8) is 0 Å². The first-order valence-electron chi connectivity index (χ1n) is 7.05. The topological polar surface area (TPSA) is 29.1 Å². The fourth-order valence-electron chi connectivity index (χ4n) is 2.78. The van der Waals surface area contributed by atoms with Gasteiger partial charge >= 0.3 is 0 Å². The van der Waals surface area contributed by atoms with Gasteiger partial charge in [0.15, 0.2) is 0 Å². The minimum absolute atomic E-state index is 0.142. The molecule has 1 amide bonds. The van der Waals surface area contributed by atoms with E-state index in [-0.39, 0.29) is 17.4 Å². The highest BCUT2D eigenvalue weighted by molar-refractivity contribution is 9.09. The highest BCUT2D eigenvalue weighted by atomic mass is 79.9. The fraction of sp³-hybridized carbons (Fsp3) is 0.562. The molecule has 1 saturated carbocycles. The van der Waals surface area contributed by atoms with Gasteiger partial charge in [-0.2, -0.15) is 0 Å². The normalized spacial score (nSPS) is 19.1. The summed E-state index contributed by atoms with van der Waals surface area (Å²) >= 11 is 3.51. The van der Waals surface area contributed by atoms with Gasteiger partial charge in [-0.3, -0.25) is 4.79 Å². The SMILES string of the molecule is CC1(C(=O)NC(CBr)Cc2ccccc2)CCCC1. The van der Waals surface area contributed by atoms with Gasteiger partial charge in [0, 0.05) is 16.8 Å². The lowest BCUT2D eigenvalue weighted by Crippen LogP contribution is -2.44. The smallest absolute Gasteiger partial charge is 0.226 e. The molecule has 0 saturated heterocycles. The van der Waals surface area contributed by atoms with Gasteiger partial charge in [-0.1, -0.05) is 66.0 Å². The molecule has 0 spiro atoms. The van der Waals surface area contributed by atoms with E-state index < -0.39 is 0 Å². The number of nitrogens with one attached hydrogen (secondary N) is 1. The Balaban J connectivity index is 1.94. The van der Waals surface area contributed by atoms with Crippen LogP contribution in [-0.2, 0) is 11.2 Å². The molecule has 1 aliphatic rings. The molecule has 1 aromatic carbocycles. The van der Waals surface area contributed by atoms with E-state index in [2.05, 4.69) is 40.3 Å². The third-order valence-corrected chi connectivity index (χ3v) is 4.88.